The van der Waals surface area contributed by atoms with Crippen LogP contribution in [0, 0.1) is 16.7 Å². The fraction of sp³-hybridized carbons (Fsp3) is 0.778. The number of ether oxygens (including phenoxy) is 2. The van der Waals surface area contributed by atoms with Gasteiger partial charge in [-0.05, 0) is 0 Å². The highest BCUT2D eigenvalue weighted by Gasteiger charge is 2.65. The van der Waals surface area contributed by atoms with Crippen LogP contribution in [0.5, 0.6) is 0 Å². The Labute approximate surface area is 94.7 Å². The fourth-order valence-corrected chi connectivity index (χ4v) is 3.45. The van der Waals surface area contributed by atoms with Crippen molar-refractivity contribution in [3.8, 4) is 6.07 Å². The molecule has 1 rings (SSSR count). The molecule has 0 bridgehead atoms. The predicted octanol–water partition coefficient (Wildman–Crippen LogP) is 2.12. The lowest BCUT2D eigenvalue weighted by Crippen LogP contribution is -2.42. The Morgan fingerprint density at radius 2 is 2.06 bits per heavy atom. The first-order valence-electron chi connectivity index (χ1n) is 4.66. The summed E-state index contributed by atoms with van der Waals surface area (Å²) >= 11 is 0. The average molecular weight is 246 g/mol. The Kier molecular flexibility index (Phi) is 3.06. The molecule has 0 N–H and O–H groups in total. The van der Waals surface area contributed by atoms with Gasteiger partial charge in [0.25, 0.3) is 5.34 Å². The molecule has 0 aliphatic carbocycles. The minimum Gasteiger partial charge on any atom is -0.454 e. The maximum atomic E-state index is 12.4. The highest BCUT2D eigenvalue weighted by Crippen LogP contribution is 2.69. The Bertz CT molecular complexity index is 407. The topological polar surface area (TPSA) is 80.9 Å². The van der Waals surface area contributed by atoms with Crippen molar-refractivity contribution in [3.05, 3.63) is 0 Å². The first kappa shape index (κ1) is 13.0. The van der Waals surface area contributed by atoms with Crippen molar-refractivity contribution in [2.75, 3.05) is 14.2 Å². The molecule has 0 saturated heterocycles. The number of nitrogens with zero attached hydrogens (tertiary/aromatic N) is 2. The largest absolute Gasteiger partial charge is 0.454 e. The molecular formula is C9H15N2O4P. The lowest BCUT2D eigenvalue weighted by Gasteiger charge is -2.35. The number of hydrogen-bond donors (Lipinski definition) is 0. The quantitative estimate of drug-likeness (QED) is 0.662. The van der Waals surface area contributed by atoms with Crippen LogP contribution in [0.15, 0.2) is 4.76 Å². The van der Waals surface area contributed by atoms with Crippen LogP contribution in [-0.4, -0.2) is 25.6 Å². The van der Waals surface area contributed by atoms with Gasteiger partial charge in [-0.3, -0.25) is 4.57 Å². The zero-order chi connectivity index (χ0) is 12.6. The molecule has 16 heavy (non-hydrogen) atoms. The van der Waals surface area contributed by atoms with E-state index < -0.39 is 18.3 Å². The summed E-state index contributed by atoms with van der Waals surface area (Å²) in [5.41, 5.74) is -0.725. The lowest BCUT2D eigenvalue weighted by atomic mass is 9.89. The van der Waals surface area contributed by atoms with Crippen molar-refractivity contribution in [1.82, 2.24) is 0 Å². The number of methoxy groups -OCH3 is 1. The van der Waals surface area contributed by atoms with E-state index in [4.69, 9.17) is 14.0 Å². The van der Waals surface area contributed by atoms with Crippen molar-refractivity contribution in [2.45, 2.75) is 26.1 Å². The van der Waals surface area contributed by atoms with Gasteiger partial charge in [0.05, 0.1) is 7.11 Å². The molecule has 0 aromatic carbocycles. The van der Waals surface area contributed by atoms with Gasteiger partial charge in [0, 0.05) is 12.5 Å². The van der Waals surface area contributed by atoms with E-state index in [1.54, 1.807) is 20.8 Å². The maximum Gasteiger partial charge on any atom is 0.393 e. The van der Waals surface area contributed by atoms with E-state index in [0.29, 0.717) is 0 Å². The Hall–Kier alpha value is -1.05. The first-order chi connectivity index (χ1) is 7.26. The van der Waals surface area contributed by atoms with E-state index >= 15 is 0 Å². The summed E-state index contributed by atoms with van der Waals surface area (Å²) in [5.74, 6) is 0. The standard InChI is InChI=1S/C9H15N2O4P/c1-8(2,3)9(6-10)15-7(13-4)11-16(9,12)14-5/h1-5H3/t9-,16+/m0/s1. The van der Waals surface area contributed by atoms with Gasteiger partial charge in [0.1, 0.15) is 6.07 Å². The molecule has 90 valence electrons. The van der Waals surface area contributed by atoms with Gasteiger partial charge < -0.3 is 14.0 Å². The van der Waals surface area contributed by atoms with E-state index in [1.807, 2.05) is 6.07 Å². The maximum absolute atomic E-state index is 12.4. The van der Waals surface area contributed by atoms with E-state index in [2.05, 4.69) is 4.76 Å². The van der Waals surface area contributed by atoms with Gasteiger partial charge in [0.2, 0.25) is 0 Å². The molecule has 0 amide bonds. The molecule has 0 aromatic heterocycles. The highest BCUT2D eigenvalue weighted by molar-refractivity contribution is 7.60. The molecule has 1 heterocycles. The molecule has 0 saturated carbocycles. The first-order valence-corrected chi connectivity index (χ1v) is 6.24. The van der Waals surface area contributed by atoms with Crippen LogP contribution in [-0.2, 0) is 18.6 Å². The summed E-state index contributed by atoms with van der Waals surface area (Å²) in [6.07, 6.45) is -0.179. The molecule has 2 atom stereocenters. The average Bonchev–Trinajstić information content (AvgIpc) is 2.52. The molecule has 7 heteroatoms. The number of rotatable bonds is 1. The van der Waals surface area contributed by atoms with Gasteiger partial charge >= 0.3 is 13.6 Å². The summed E-state index contributed by atoms with van der Waals surface area (Å²) in [4.78, 5) is 0. The third-order valence-electron chi connectivity index (χ3n) is 2.44. The summed E-state index contributed by atoms with van der Waals surface area (Å²) in [5, 5.41) is 7.64. The summed E-state index contributed by atoms with van der Waals surface area (Å²) in [6, 6.07) is 1.92. The van der Waals surface area contributed by atoms with Gasteiger partial charge in [-0.2, -0.15) is 5.26 Å². The minimum atomic E-state index is -3.61. The van der Waals surface area contributed by atoms with Crippen molar-refractivity contribution >= 4 is 13.6 Å². The third kappa shape index (κ3) is 1.51. The van der Waals surface area contributed by atoms with Crippen LogP contribution in [0.4, 0.5) is 0 Å². The van der Waals surface area contributed by atoms with Crippen molar-refractivity contribution in [1.29, 1.82) is 5.26 Å². The Morgan fingerprint density at radius 3 is 2.31 bits per heavy atom. The second kappa shape index (κ2) is 3.76. The van der Waals surface area contributed by atoms with E-state index in [1.165, 1.54) is 14.2 Å². The minimum absolute atomic E-state index is 0.179. The zero-order valence-electron chi connectivity index (χ0n) is 9.97. The predicted molar refractivity (Wildman–Crippen MR) is 57.9 cm³/mol. The third-order valence-corrected chi connectivity index (χ3v) is 5.02. The molecule has 0 unspecified atom stereocenters. The smallest absolute Gasteiger partial charge is 0.393 e. The number of hydrogen-bond acceptors (Lipinski definition) is 5. The normalized spacial score (nSPS) is 33.9. The molecule has 0 aromatic rings. The van der Waals surface area contributed by atoms with Crippen LogP contribution in [0.25, 0.3) is 0 Å². The summed E-state index contributed by atoms with van der Waals surface area (Å²) < 4.78 is 31.2. The summed E-state index contributed by atoms with van der Waals surface area (Å²) in [6.45, 7) is 5.20. The molecule has 1 aliphatic heterocycles. The zero-order valence-corrected chi connectivity index (χ0v) is 10.9. The van der Waals surface area contributed by atoms with E-state index in [0.717, 1.165) is 0 Å². The lowest BCUT2D eigenvalue weighted by molar-refractivity contribution is 0.0473. The van der Waals surface area contributed by atoms with Gasteiger partial charge in [-0.25, -0.2) is 0 Å². The monoisotopic (exact) mass is 246 g/mol. The highest BCUT2D eigenvalue weighted by atomic mass is 31.2. The van der Waals surface area contributed by atoms with Crippen LogP contribution in [0.3, 0.4) is 0 Å². The van der Waals surface area contributed by atoms with Crippen molar-refractivity contribution in [2.24, 2.45) is 10.2 Å². The fourth-order valence-electron chi connectivity index (χ4n) is 1.46. The van der Waals surface area contributed by atoms with Gasteiger partial charge in [-0.15, -0.1) is 4.76 Å². The van der Waals surface area contributed by atoms with Crippen LogP contribution < -0.4 is 0 Å². The SMILES string of the molecule is COC1=N[P@](=O)(OC)[C@@](C#N)(C(C)(C)C)O1. The summed E-state index contributed by atoms with van der Waals surface area (Å²) in [7, 11) is -1.04. The number of nitriles is 1. The van der Waals surface area contributed by atoms with Crippen LogP contribution >= 0.6 is 7.52 Å². The Morgan fingerprint density at radius 1 is 1.50 bits per heavy atom. The van der Waals surface area contributed by atoms with Crippen LogP contribution in [0.1, 0.15) is 20.8 Å². The second-order valence-electron chi connectivity index (χ2n) is 4.38. The van der Waals surface area contributed by atoms with Crippen LogP contribution in [0.2, 0.25) is 0 Å². The Balaban J connectivity index is 3.37. The molecule has 6 nitrogen and oxygen atoms in total. The molecular weight excluding hydrogens is 231 g/mol. The molecule has 0 fully saturated rings. The molecule has 0 radical (unpaired) electrons. The van der Waals surface area contributed by atoms with Gasteiger partial charge in [-0.1, -0.05) is 20.8 Å². The van der Waals surface area contributed by atoms with Crippen molar-refractivity contribution in [3.63, 3.8) is 0 Å². The van der Waals surface area contributed by atoms with E-state index in [-0.39, 0.29) is 6.08 Å². The van der Waals surface area contributed by atoms with Gasteiger partial charge in [0.15, 0.2) is 0 Å². The second-order valence-corrected chi connectivity index (χ2v) is 6.62. The molecule has 0 spiro atoms. The molecule has 1 aliphatic rings. The van der Waals surface area contributed by atoms with Crippen molar-refractivity contribution < 1.29 is 18.6 Å². The van der Waals surface area contributed by atoms with E-state index in [9.17, 15) is 9.83 Å².